The number of anilines is 1. The van der Waals surface area contributed by atoms with Gasteiger partial charge >= 0.3 is 0 Å². The van der Waals surface area contributed by atoms with Crippen LogP contribution in [0, 0.1) is 10.1 Å². The Morgan fingerprint density at radius 2 is 1.80 bits per heavy atom. The van der Waals surface area contributed by atoms with E-state index in [0.29, 0.717) is 20.5 Å². The maximum Gasteiger partial charge on any atom is 0.270 e. The van der Waals surface area contributed by atoms with E-state index >= 15 is 0 Å². The van der Waals surface area contributed by atoms with Crippen LogP contribution in [0.4, 0.5) is 11.4 Å². The van der Waals surface area contributed by atoms with Gasteiger partial charge < -0.3 is 10.2 Å². The zero-order valence-corrected chi connectivity index (χ0v) is 14.1. The molecule has 0 aromatic heterocycles. The van der Waals surface area contributed by atoms with Crippen LogP contribution in [0.25, 0.3) is 6.08 Å². The zero-order chi connectivity index (χ0) is 18.1. The minimum Gasteiger partial charge on any atom is -0.504 e. The zero-order valence-electron chi connectivity index (χ0n) is 12.4. The van der Waals surface area contributed by atoms with E-state index in [4.69, 9.17) is 12.2 Å². The Labute approximate surface area is 151 Å². The number of non-ortho nitro benzene ring substituents is 1. The maximum atomic E-state index is 12.6. The number of phenols is 2. The molecule has 3 rings (SSSR count). The number of thiocarbonyl (C=S) groups is 1. The fourth-order valence-corrected chi connectivity index (χ4v) is 3.49. The normalized spacial score (nSPS) is 15.8. The molecule has 7 nitrogen and oxygen atoms in total. The van der Waals surface area contributed by atoms with Crippen molar-refractivity contribution in [1.82, 2.24) is 0 Å². The number of hydrogen-bond donors (Lipinski definition) is 2. The van der Waals surface area contributed by atoms with Crippen molar-refractivity contribution >= 4 is 51.7 Å². The highest BCUT2D eigenvalue weighted by Crippen LogP contribution is 2.37. The smallest absolute Gasteiger partial charge is 0.270 e. The van der Waals surface area contributed by atoms with Crippen LogP contribution < -0.4 is 4.90 Å². The summed E-state index contributed by atoms with van der Waals surface area (Å²) in [5, 5.41) is 29.6. The second-order valence-electron chi connectivity index (χ2n) is 5.04. The van der Waals surface area contributed by atoms with Crippen molar-refractivity contribution in [3.05, 3.63) is 63.0 Å². The van der Waals surface area contributed by atoms with E-state index in [-0.39, 0.29) is 23.1 Å². The van der Waals surface area contributed by atoms with E-state index in [0.717, 1.165) is 11.8 Å². The average molecular weight is 374 g/mol. The molecule has 1 heterocycles. The lowest BCUT2D eigenvalue weighted by Gasteiger charge is -2.13. The van der Waals surface area contributed by atoms with Gasteiger partial charge in [0.1, 0.15) is 0 Å². The van der Waals surface area contributed by atoms with Gasteiger partial charge in [0, 0.05) is 12.1 Å². The van der Waals surface area contributed by atoms with Gasteiger partial charge in [0.15, 0.2) is 15.8 Å². The molecule has 1 amide bonds. The third-order valence-electron chi connectivity index (χ3n) is 3.41. The van der Waals surface area contributed by atoms with E-state index in [9.17, 15) is 25.1 Å². The number of thioether (sulfide) groups is 1. The lowest BCUT2D eigenvalue weighted by Crippen LogP contribution is -2.27. The molecule has 9 heteroatoms. The van der Waals surface area contributed by atoms with Crippen LogP contribution in [-0.2, 0) is 4.79 Å². The van der Waals surface area contributed by atoms with Gasteiger partial charge in [-0.15, -0.1) is 0 Å². The topological polar surface area (TPSA) is 104 Å². The predicted molar refractivity (Wildman–Crippen MR) is 98.5 cm³/mol. The standard InChI is InChI=1S/C16H10N2O5S2/c19-12-6-1-9(7-13(12)20)8-14-15(21)17(16(24)25-14)10-2-4-11(5-3-10)18(22)23/h1-8,19-20H. The first-order valence-electron chi connectivity index (χ1n) is 6.91. The lowest BCUT2D eigenvalue weighted by molar-refractivity contribution is -0.384. The molecule has 0 spiro atoms. The number of rotatable bonds is 3. The van der Waals surface area contributed by atoms with Crippen LogP contribution in [-0.4, -0.2) is 25.4 Å². The van der Waals surface area contributed by atoms with Crippen molar-refractivity contribution in [2.24, 2.45) is 0 Å². The summed E-state index contributed by atoms with van der Waals surface area (Å²) in [5.41, 5.74) is 0.883. The molecule has 2 N–H and O–H groups in total. The Balaban J connectivity index is 1.90. The molecule has 25 heavy (non-hydrogen) atoms. The maximum absolute atomic E-state index is 12.6. The highest BCUT2D eigenvalue weighted by atomic mass is 32.2. The molecule has 0 aliphatic carbocycles. The highest BCUT2D eigenvalue weighted by molar-refractivity contribution is 8.27. The molecule has 0 unspecified atom stereocenters. The van der Waals surface area contributed by atoms with E-state index in [1.54, 1.807) is 12.1 Å². The molecule has 0 saturated carbocycles. The summed E-state index contributed by atoms with van der Waals surface area (Å²) in [4.78, 5) is 24.4. The molecule has 0 atom stereocenters. The molecule has 2 aromatic rings. The Morgan fingerprint density at radius 1 is 1.12 bits per heavy atom. The van der Waals surface area contributed by atoms with Crippen LogP contribution in [0.1, 0.15) is 5.56 Å². The predicted octanol–water partition coefficient (Wildman–Crippen LogP) is 3.41. The van der Waals surface area contributed by atoms with E-state index in [1.165, 1.54) is 41.3 Å². The Hall–Kier alpha value is -2.91. The van der Waals surface area contributed by atoms with Crippen molar-refractivity contribution in [3.8, 4) is 11.5 Å². The largest absolute Gasteiger partial charge is 0.504 e. The number of nitro groups is 1. The SMILES string of the molecule is O=C1C(=Cc2ccc(O)c(O)c2)SC(=S)N1c1ccc([N+](=O)[O-])cc1. The summed E-state index contributed by atoms with van der Waals surface area (Å²) in [5.74, 6) is -0.911. The van der Waals surface area contributed by atoms with Gasteiger partial charge in [0.05, 0.1) is 15.5 Å². The van der Waals surface area contributed by atoms with Crippen LogP contribution in [0.5, 0.6) is 11.5 Å². The van der Waals surface area contributed by atoms with Crippen molar-refractivity contribution in [3.63, 3.8) is 0 Å². The minimum absolute atomic E-state index is 0.0794. The molecule has 0 radical (unpaired) electrons. The fourth-order valence-electron chi connectivity index (χ4n) is 2.20. The highest BCUT2D eigenvalue weighted by Gasteiger charge is 2.33. The number of nitro benzene ring substituents is 1. The van der Waals surface area contributed by atoms with E-state index in [2.05, 4.69) is 0 Å². The van der Waals surface area contributed by atoms with Crippen molar-refractivity contribution in [2.75, 3.05) is 4.90 Å². The third kappa shape index (κ3) is 3.32. The Bertz CT molecular complexity index is 925. The molecule has 1 fully saturated rings. The number of amides is 1. The summed E-state index contributed by atoms with van der Waals surface area (Å²) in [6.07, 6.45) is 1.55. The molecular formula is C16H10N2O5S2. The molecule has 126 valence electrons. The Kier molecular flexibility index (Phi) is 4.43. The average Bonchev–Trinajstić information content (AvgIpc) is 2.85. The molecule has 1 aliphatic rings. The first-order chi connectivity index (χ1) is 11.9. The van der Waals surface area contributed by atoms with Gasteiger partial charge in [-0.25, -0.2) is 0 Å². The number of benzene rings is 2. The minimum atomic E-state index is -0.523. The molecule has 1 aliphatic heterocycles. The summed E-state index contributed by atoms with van der Waals surface area (Å²) < 4.78 is 0.299. The fraction of sp³-hybridized carbons (Fsp3) is 0. The van der Waals surface area contributed by atoms with E-state index < -0.39 is 4.92 Å². The van der Waals surface area contributed by atoms with Crippen molar-refractivity contribution < 1.29 is 19.9 Å². The van der Waals surface area contributed by atoms with Crippen LogP contribution in [0.2, 0.25) is 0 Å². The number of carbonyl (C=O) groups excluding carboxylic acids is 1. The third-order valence-corrected chi connectivity index (χ3v) is 4.71. The van der Waals surface area contributed by atoms with Gasteiger partial charge in [0.2, 0.25) is 0 Å². The summed E-state index contributed by atoms with van der Waals surface area (Å²) >= 11 is 6.31. The quantitative estimate of drug-likeness (QED) is 0.279. The molecular weight excluding hydrogens is 364 g/mol. The van der Waals surface area contributed by atoms with Gasteiger partial charge in [-0.05, 0) is 35.9 Å². The number of aromatic hydroxyl groups is 2. The summed E-state index contributed by atoms with van der Waals surface area (Å²) in [6.45, 7) is 0. The van der Waals surface area contributed by atoms with Crippen LogP contribution >= 0.6 is 24.0 Å². The lowest BCUT2D eigenvalue weighted by atomic mass is 10.2. The van der Waals surface area contributed by atoms with E-state index in [1.807, 2.05) is 0 Å². The van der Waals surface area contributed by atoms with Crippen molar-refractivity contribution in [1.29, 1.82) is 0 Å². The monoisotopic (exact) mass is 374 g/mol. The van der Waals surface area contributed by atoms with Crippen LogP contribution in [0.3, 0.4) is 0 Å². The second kappa shape index (κ2) is 6.54. The Morgan fingerprint density at radius 3 is 2.40 bits per heavy atom. The number of carbonyl (C=O) groups is 1. The first kappa shape index (κ1) is 16.9. The number of hydrogen-bond acceptors (Lipinski definition) is 7. The summed E-state index contributed by atoms with van der Waals surface area (Å²) in [6, 6.07) is 9.71. The molecule has 0 bridgehead atoms. The van der Waals surface area contributed by atoms with Gasteiger partial charge in [0.25, 0.3) is 11.6 Å². The van der Waals surface area contributed by atoms with Gasteiger partial charge in [-0.3, -0.25) is 19.8 Å². The number of nitrogens with zero attached hydrogens (tertiary/aromatic N) is 2. The van der Waals surface area contributed by atoms with Gasteiger partial charge in [-0.2, -0.15) is 0 Å². The number of phenolic OH excluding ortho intramolecular Hbond substituents is 2. The summed E-state index contributed by atoms with van der Waals surface area (Å²) in [7, 11) is 0. The van der Waals surface area contributed by atoms with Gasteiger partial charge in [-0.1, -0.05) is 30.0 Å². The first-order valence-corrected chi connectivity index (χ1v) is 8.13. The van der Waals surface area contributed by atoms with Crippen LogP contribution in [0.15, 0.2) is 47.4 Å². The second-order valence-corrected chi connectivity index (χ2v) is 6.71. The van der Waals surface area contributed by atoms with Crippen molar-refractivity contribution in [2.45, 2.75) is 0 Å². The molecule has 2 aromatic carbocycles. The molecule has 1 saturated heterocycles.